The Bertz CT molecular complexity index is 136. The molecule has 1 heterocycles. The molecule has 3 nitrogen and oxygen atoms in total. The molecule has 0 aromatic rings. The Balaban J connectivity index is 0. The maximum absolute atomic E-state index is 9.92. The summed E-state index contributed by atoms with van der Waals surface area (Å²) >= 11 is 0. The lowest BCUT2D eigenvalue weighted by molar-refractivity contribution is -0.150. The normalized spacial score (nSPS) is 13.8. The summed E-state index contributed by atoms with van der Waals surface area (Å²) in [5, 5.41) is 0. The lowest BCUT2D eigenvalue weighted by Crippen LogP contribution is -1.96. The molecule has 9 heavy (non-hydrogen) atoms. The minimum Gasteiger partial charge on any atom is -0.387 e. The summed E-state index contributed by atoms with van der Waals surface area (Å²) in [6.07, 6.45) is 2.17. The molecule has 0 spiro atoms. The first kappa shape index (κ1) is 11.3. The molecule has 0 fully saturated rings. The third-order valence-corrected chi connectivity index (χ3v) is 0.557. The lowest BCUT2D eigenvalue weighted by Gasteiger charge is -1.80. The van der Waals surface area contributed by atoms with E-state index in [-0.39, 0.29) is 24.8 Å². The van der Waals surface area contributed by atoms with Crippen molar-refractivity contribution in [1.29, 1.82) is 0 Å². The number of carbonyl (C=O) groups excluding carboxylic acids is 2. The number of hydrogen-bond acceptors (Lipinski definition) is 3. The number of rotatable bonds is 0. The molecule has 0 saturated carbocycles. The maximum Gasteiger partial charge on any atom is 0.338 e. The maximum atomic E-state index is 9.92. The Kier molecular flexibility index (Phi) is 5.45. The predicted molar refractivity (Wildman–Crippen MR) is 34.7 cm³/mol. The Morgan fingerprint density at radius 1 is 1.00 bits per heavy atom. The van der Waals surface area contributed by atoms with Gasteiger partial charge in [-0.3, -0.25) is 0 Å². The van der Waals surface area contributed by atoms with Gasteiger partial charge in [0.1, 0.15) is 0 Å². The van der Waals surface area contributed by atoms with E-state index in [9.17, 15) is 9.59 Å². The minimum absolute atomic E-state index is 0. The van der Waals surface area contributed by atoms with Gasteiger partial charge in [0, 0.05) is 12.2 Å². The summed E-state index contributed by atoms with van der Waals surface area (Å²) in [4.78, 5) is 19.8. The third-order valence-electron chi connectivity index (χ3n) is 0.557. The van der Waals surface area contributed by atoms with Crippen LogP contribution in [-0.4, -0.2) is 11.9 Å². The molecule has 0 radical (unpaired) electrons. The van der Waals surface area contributed by atoms with Crippen LogP contribution in [0.5, 0.6) is 0 Å². The molecule has 0 aromatic heterocycles. The molecule has 1 rings (SSSR count). The summed E-state index contributed by atoms with van der Waals surface area (Å²) in [6.45, 7) is 0. The Hall–Kier alpha value is -0.540. The molecule has 0 bridgehead atoms. The van der Waals surface area contributed by atoms with Crippen LogP contribution in [0.4, 0.5) is 0 Å². The molecular formula is C4H4Cl2O3. The van der Waals surface area contributed by atoms with Gasteiger partial charge in [-0.1, -0.05) is 0 Å². The monoisotopic (exact) mass is 170 g/mol. The fourth-order valence-electron chi connectivity index (χ4n) is 0.303. The summed E-state index contributed by atoms with van der Waals surface area (Å²) in [7, 11) is 0. The van der Waals surface area contributed by atoms with Crippen LogP contribution < -0.4 is 0 Å². The van der Waals surface area contributed by atoms with Crippen molar-refractivity contribution in [1.82, 2.24) is 0 Å². The summed E-state index contributed by atoms with van der Waals surface area (Å²) in [5.74, 6) is -1.16. The third kappa shape index (κ3) is 3.11. The number of ether oxygens (including phenoxy) is 1. The second-order valence-corrected chi connectivity index (χ2v) is 1.07. The molecule has 0 N–H and O–H groups in total. The van der Waals surface area contributed by atoms with Gasteiger partial charge < -0.3 is 4.74 Å². The van der Waals surface area contributed by atoms with Gasteiger partial charge in [0.15, 0.2) is 0 Å². The molecule has 0 aromatic carbocycles. The highest BCUT2D eigenvalue weighted by atomic mass is 35.5. The SMILES string of the molecule is Cl.Cl.O=C1C=CC(=O)O1. The van der Waals surface area contributed by atoms with E-state index in [4.69, 9.17) is 0 Å². The van der Waals surface area contributed by atoms with Gasteiger partial charge >= 0.3 is 11.9 Å². The van der Waals surface area contributed by atoms with E-state index < -0.39 is 11.9 Å². The van der Waals surface area contributed by atoms with Gasteiger partial charge in [0.25, 0.3) is 0 Å². The molecule has 5 heteroatoms. The van der Waals surface area contributed by atoms with Crippen molar-refractivity contribution in [2.24, 2.45) is 0 Å². The highest BCUT2D eigenvalue weighted by Crippen LogP contribution is 1.92. The van der Waals surface area contributed by atoms with E-state index >= 15 is 0 Å². The lowest BCUT2D eigenvalue weighted by atomic mass is 10.6. The smallest absolute Gasteiger partial charge is 0.338 e. The van der Waals surface area contributed by atoms with Crippen molar-refractivity contribution in [3.05, 3.63) is 12.2 Å². The molecule has 0 saturated heterocycles. The van der Waals surface area contributed by atoms with E-state index in [0.717, 1.165) is 12.2 Å². The standard InChI is InChI=1S/C4H2O3.2ClH/c5-3-1-2-4(6)7-3;;/h1-2H;2*1H. The van der Waals surface area contributed by atoms with E-state index in [1.165, 1.54) is 0 Å². The number of halogens is 2. The van der Waals surface area contributed by atoms with Gasteiger partial charge in [-0.25, -0.2) is 9.59 Å². The molecule has 0 aliphatic carbocycles. The first-order valence-electron chi connectivity index (χ1n) is 1.73. The topological polar surface area (TPSA) is 43.4 Å². The van der Waals surface area contributed by atoms with Crippen molar-refractivity contribution >= 4 is 36.8 Å². The molecule has 1 aliphatic heterocycles. The van der Waals surface area contributed by atoms with Gasteiger partial charge in [-0.2, -0.15) is 0 Å². The van der Waals surface area contributed by atoms with Crippen LogP contribution in [0.25, 0.3) is 0 Å². The molecular weight excluding hydrogens is 167 g/mol. The predicted octanol–water partition coefficient (Wildman–Crippen LogP) is 0.470. The summed E-state index contributed by atoms with van der Waals surface area (Å²) in [5.41, 5.74) is 0. The second kappa shape index (κ2) is 4.35. The number of carbonyl (C=O) groups is 2. The van der Waals surface area contributed by atoms with Gasteiger partial charge in [0.2, 0.25) is 0 Å². The minimum atomic E-state index is -0.579. The number of hydrogen-bond donors (Lipinski definition) is 0. The fraction of sp³-hybridized carbons (Fsp3) is 0. The highest BCUT2D eigenvalue weighted by Gasteiger charge is 2.10. The van der Waals surface area contributed by atoms with E-state index in [2.05, 4.69) is 4.74 Å². The van der Waals surface area contributed by atoms with Crippen molar-refractivity contribution < 1.29 is 14.3 Å². The molecule has 0 atom stereocenters. The number of cyclic esters (lactones) is 2. The zero-order valence-electron chi connectivity index (χ0n) is 4.20. The zero-order chi connectivity index (χ0) is 5.28. The van der Waals surface area contributed by atoms with Crippen LogP contribution in [0.1, 0.15) is 0 Å². The average molecular weight is 171 g/mol. The molecule has 1 aliphatic rings. The second-order valence-electron chi connectivity index (χ2n) is 1.07. The van der Waals surface area contributed by atoms with Crippen LogP contribution in [0.15, 0.2) is 12.2 Å². The first-order chi connectivity index (χ1) is 3.29. The van der Waals surface area contributed by atoms with Gasteiger partial charge in [0.05, 0.1) is 0 Å². The van der Waals surface area contributed by atoms with Crippen molar-refractivity contribution in [2.75, 3.05) is 0 Å². The molecule has 0 unspecified atom stereocenters. The Morgan fingerprint density at radius 3 is 1.44 bits per heavy atom. The van der Waals surface area contributed by atoms with Crippen molar-refractivity contribution in [3.63, 3.8) is 0 Å². The number of esters is 2. The van der Waals surface area contributed by atoms with Crippen LogP contribution in [0.2, 0.25) is 0 Å². The van der Waals surface area contributed by atoms with Crippen LogP contribution in [0, 0.1) is 0 Å². The zero-order valence-corrected chi connectivity index (χ0v) is 5.83. The molecule has 52 valence electrons. The van der Waals surface area contributed by atoms with E-state index in [1.807, 2.05) is 0 Å². The molecule has 0 amide bonds. The van der Waals surface area contributed by atoms with Crippen molar-refractivity contribution in [2.45, 2.75) is 0 Å². The summed E-state index contributed by atoms with van der Waals surface area (Å²) in [6, 6.07) is 0. The van der Waals surface area contributed by atoms with E-state index in [0.29, 0.717) is 0 Å². The largest absolute Gasteiger partial charge is 0.387 e. The Morgan fingerprint density at radius 2 is 1.33 bits per heavy atom. The highest BCUT2D eigenvalue weighted by molar-refractivity contribution is 6.04. The van der Waals surface area contributed by atoms with Gasteiger partial charge in [-0.05, 0) is 0 Å². The van der Waals surface area contributed by atoms with Crippen LogP contribution in [-0.2, 0) is 14.3 Å². The van der Waals surface area contributed by atoms with Gasteiger partial charge in [-0.15, -0.1) is 24.8 Å². The van der Waals surface area contributed by atoms with Crippen LogP contribution >= 0.6 is 24.8 Å². The Labute approximate surface area is 63.9 Å². The average Bonchev–Trinajstić information content (AvgIpc) is 1.87. The summed E-state index contributed by atoms with van der Waals surface area (Å²) < 4.78 is 3.97. The van der Waals surface area contributed by atoms with Crippen molar-refractivity contribution in [3.8, 4) is 0 Å². The quantitative estimate of drug-likeness (QED) is 0.393. The van der Waals surface area contributed by atoms with Crippen LogP contribution in [0.3, 0.4) is 0 Å². The first-order valence-corrected chi connectivity index (χ1v) is 1.73. The fourth-order valence-corrected chi connectivity index (χ4v) is 0.303. The van der Waals surface area contributed by atoms with E-state index in [1.54, 1.807) is 0 Å².